The summed E-state index contributed by atoms with van der Waals surface area (Å²) < 4.78 is 0. The minimum Gasteiger partial charge on any atom is -0.326 e. The van der Waals surface area contributed by atoms with Gasteiger partial charge in [0.05, 0.1) is 0 Å². The normalized spacial score (nSPS) is 10.4. The monoisotopic (exact) mass is 330 g/mol. The van der Waals surface area contributed by atoms with Crippen molar-refractivity contribution >= 4 is 34.8 Å². The first-order valence-corrected chi connectivity index (χ1v) is 7.77. The highest BCUT2D eigenvalue weighted by molar-refractivity contribution is 6.30. The zero-order valence-corrected chi connectivity index (χ0v) is 13.9. The molecular formula is C18H19ClN2O2. The molecule has 2 rings (SSSR count). The Morgan fingerprint density at radius 3 is 2.22 bits per heavy atom. The number of hydrogen-bond acceptors (Lipinski definition) is 2. The predicted molar refractivity (Wildman–Crippen MR) is 93.9 cm³/mol. The number of para-hydroxylation sites is 1. The molecule has 0 aliphatic heterocycles. The van der Waals surface area contributed by atoms with Gasteiger partial charge in [-0.1, -0.05) is 43.6 Å². The van der Waals surface area contributed by atoms with Gasteiger partial charge in [-0.2, -0.15) is 0 Å². The number of amides is 2. The number of anilines is 2. The van der Waals surface area contributed by atoms with Crippen LogP contribution in [-0.4, -0.2) is 11.8 Å². The third-order valence-corrected chi connectivity index (χ3v) is 3.56. The van der Waals surface area contributed by atoms with Crippen molar-refractivity contribution in [1.29, 1.82) is 0 Å². The molecule has 0 bridgehead atoms. The number of rotatable bonds is 5. The summed E-state index contributed by atoms with van der Waals surface area (Å²) in [5.41, 5.74) is 2.39. The summed E-state index contributed by atoms with van der Waals surface area (Å²) in [6.45, 7) is 4.11. The Hall–Kier alpha value is -2.33. The Kier molecular flexibility index (Phi) is 5.77. The molecule has 0 aromatic heterocycles. The second-order valence-electron chi connectivity index (χ2n) is 5.52. The molecule has 0 atom stereocenters. The Bertz CT molecular complexity index is 696. The Labute approximate surface area is 140 Å². The van der Waals surface area contributed by atoms with Crippen LogP contribution < -0.4 is 10.6 Å². The van der Waals surface area contributed by atoms with E-state index in [0.717, 1.165) is 11.3 Å². The minimum absolute atomic E-state index is 0.241. The predicted octanol–water partition coefficient (Wildman–Crippen LogP) is 4.43. The van der Waals surface area contributed by atoms with Crippen LogP contribution in [-0.2, 0) is 9.59 Å². The number of carbonyl (C=O) groups excluding carboxylic acids is 2. The first-order valence-electron chi connectivity index (χ1n) is 7.40. The third kappa shape index (κ3) is 5.11. The molecule has 5 heteroatoms. The van der Waals surface area contributed by atoms with Crippen LogP contribution in [0.5, 0.6) is 0 Å². The van der Waals surface area contributed by atoms with Gasteiger partial charge in [0, 0.05) is 16.4 Å². The lowest BCUT2D eigenvalue weighted by Gasteiger charge is -2.13. The number of benzene rings is 2. The van der Waals surface area contributed by atoms with Crippen LogP contribution in [0.25, 0.3) is 0 Å². The molecule has 2 amide bonds. The van der Waals surface area contributed by atoms with E-state index in [1.807, 2.05) is 24.3 Å². The largest absolute Gasteiger partial charge is 0.326 e. The maximum atomic E-state index is 12.0. The highest BCUT2D eigenvalue weighted by Crippen LogP contribution is 2.23. The van der Waals surface area contributed by atoms with E-state index in [1.165, 1.54) is 0 Å². The molecule has 0 aliphatic rings. The van der Waals surface area contributed by atoms with Gasteiger partial charge in [-0.05, 0) is 41.8 Å². The molecule has 2 N–H and O–H groups in total. The van der Waals surface area contributed by atoms with E-state index in [1.54, 1.807) is 24.3 Å². The second kappa shape index (κ2) is 7.79. The van der Waals surface area contributed by atoms with Gasteiger partial charge in [0.1, 0.15) is 6.42 Å². The summed E-state index contributed by atoms with van der Waals surface area (Å²) >= 11 is 5.79. The van der Waals surface area contributed by atoms with Gasteiger partial charge in [0.25, 0.3) is 0 Å². The van der Waals surface area contributed by atoms with Gasteiger partial charge in [0.2, 0.25) is 11.8 Å². The third-order valence-electron chi connectivity index (χ3n) is 3.31. The van der Waals surface area contributed by atoms with Crippen molar-refractivity contribution in [1.82, 2.24) is 0 Å². The zero-order valence-electron chi connectivity index (χ0n) is 13.1. The highest BCUT2D eigenvalue weighted by Gasteiger charge is 2.13. The molecule has 2 aromatic rings. The number of nitrogens with one attached hydrogen (secondary N) is 2. The molecular weight excluding hydrogens is 312 g/mol. The Morgan fingerprint density at radius 1 is 0.957 bits per heavy atom. The molecule has 0 saturated heterocycles. The fourth-order valence-electron chi connectivity index (χ4n) is 2.19. The molecule has 0 spiro atoms. The minimum atomic E-state index is -0.369. The van der Waals surface area contributed by atoms with Gasteiger partial charge in [-0.3, -0.25) is 9.59 Å². The van der Waals surface area contributed by atoms with Gasteiger partial charge < -0.3 is 10.6 Å². The highest BCUT2D eigenvalue weighted by atomic mass is 35.5. The first kappa shape index (κ1) is 17.0. The van der Waals surface area contributed by atoms with Crippen LogP contribution in [0.3, 0.4) is 0 Å². The van der Waals surface area contributed by atoms with Crippen LogP contribution in [0, 0.1) is 0 Å². The lowest BCUT2D eigenvalue weighted by molar-refractivity contribution is -0.123. The van der Waals surface area contributed by atoms with E-state index < -0.39 is 0 Å². The van der Waals surface area contributed by atoms with E-state index >= 15 is 0 Å². The van der Waals surface area contributed by atoms with Crippen molar-refractivity contribution in [3.8, 4) is 0 Å². The molecule has 0 aliphatic carbocycles. The Morgan fingerprint density at radius 2 is 1.57 bits per heavy atom. The van der Waals surface area contributed by atoms with E-state index in [-0.39, 0.29) is 24.2 Å². The van der Waals surface area contributed by atoms with Gasteiger partial charge in [0.15, 0.2) is 0 Å². The standard InChI is InChI=1S/C18H19ClN2O2/c1-12(2)15-5-3-4-6-16(15)21-18(23)11-17(22)20-14-9-7-13(19)8-10-14/h3-10,12H,11H2,1-2H3,(H,20,22)(H,21,23). The lowest BCUT2D eigenvalue weighted by Crippen LogP contribution is -2.22. The quantitative estimate of drug-likeness (QED) is 0.797. The van der Waals surface area contributed by atoms with E-state index in [0.29, 0.717) is 10.7 Å². The van der Waals surface area contributed by atoms with Gasteiger partial charge >= 0.3 is 0 Å². The van der Waals surface area contributed by atoms with Crippen molar-refractivity contribution in [2.75, 3.05) is 10.6 Å². The lowest BCUT2D eigenvalue weighted by atomic mass is 10.0. The molecule has 0 fully saturated rings. The molecule has 2 aromatic carbocycles. The molecule has 4 nitrogen and oxygen atoms in total. The fraction of sp³-hybridized carbons (Fsp3) is 0.222. The maximum absolute atomic E-state index is 12.0. The first-order chi connectivity index (χ1) is 11.0. The van der Waals surface area contributed by atoms with Crippen LogP contribution in [0.4, 0.5) is 11.4 Å². The van der Waals surface area contributed by atoms with Crippen molar-refractivity contribution < 1.29 is 9.59 Å². The zero-order chi connectivity index (χ0) is 16.8. The maximum Gasteiger partial charge on any atom is 0.233 e. The van der Waals surface area contributed by atoms with Gasteiger partial charge in [-0.25, -0.2) is 0 Å². The molecule has 23 heavy (non-hydrogen) atoms. The van der Waals surface area contributed by atoms with Crippen molar-refractivity contribution in [2.24, 2.45) is 0 Å². The Balaban J connectivity index is 1.94. The number of halogens is 1. The second-order valence-corrected chi connectivity index (χ2v) is 5.96. The van der Waals surface area contributed by atoms with Crippen LogP contribution in [0.2, 0.25) is 5.02 Å². The summed E-state index contributed by atoms with van der Waals surface area (Å²) in [6, 6.07) is 14.3. The summed E-state index contributed by atoms with van der Waals surface area (Å²) in [5, 5.41) is 6.05. The average molecular weight is 331 g/mol. The van der Waals surface area contributed by atoms with Crippen LogP contribution >= 0.6 is 11.6 Å². The molecule has 0 heterocycles. The van der Waals surface area contributed by atoms with E-state index in [2.05, 4.69) is 24.5 Å². The van der Waals surface area contributed by atoms with Crippen molar-refractivity contribution in [3.63, 3.8) is 0 Å². The molecule has 0 unspecified atom stereocenters. The summed E-state index contributed by atoms with van der Waals surface area (Å²) in [4.78, 5) is 24.0. The smallest absolute Gasteiger partial charge is 0.233 e. The summed E-state index contributed by atoms with van der Waals surface area (Å²) in [7, 11) is 0. The van der Waals surface area contributed by atoms with Gasteiger partial charge in [-0.15, -0.1) is 0 Å². The molecule has 0 saturated carbocycles. The van der Waals surface area contributed by atoms with E-state index in [9.17, 15) is 9.59 Å². The molecule has 0 radical (unpaired) electrons. The number of hydrogen-bond donors (Lipinski definition) is 2. The molecule has 120 valence electrons. The van der Waals surface area contributed by atoms with Crippen LogP contribution in [0.15, 0.2) is 48.5 Å². The summed E-state index contributed by atoms with van der Waals surface area (Å²) in [6.07, 6.45) is -0.241. The topological polar surface area (TPSA) is 58.2 Å². The fourth-order valence-corrected chi connectivity index (χ4v) is 2.32. The van der Waals surface area contributed by atoms with E-state index in [4.69, 9.17) is 11.6 Å². The number of carbonyl (C=O) groups is 2. The average Bonchev–Trinajstić information content (AvgIpc) is 2.49. The van der Waals surface area contributed by atoms with Crippen molar-refractivity contribution in [2.45, 2.75) is 26.2 Å². The van der Waals surface area contributed by atoms with Crippen LogP contribution in [0.1, 0.15) is 31.7 Å². The summed E-state index contributed by atoms with van der Waals surface area (Å²) in [5.74, 6) is -0.425. The SMILES string of the molecule is CC(C)c1ccccc1NC(=O)CC(=O)Nc1ccc(Cl)cc1. The van der Waals surface area contributed by atoms with Crippen molar-refractivity contribution in [3.05, 3.63) is 59.1 Å².